The Morgan fingerprint density at radius 2 is 1.79 bits per heavy atom. The largest absolute Gasteiger partial charge is 0.439 e. The third-order valence-corrected chi connectivity index (χ3v) is 5.65. The van der Waals surface area contributed by atoms with Crippen LogP contribution in [0, 0.1) is 6.92 Å². The maximum absolute atomic E-state index is 13.5. The summed E-state index contributed by atoms with van der Waals surface area (Å²) >= 11 is 0. The van der Waals surface area contributed by atoms with Crippen LogP contribution in [-0.4, -0.2) is 32.2 Å². The van der Waals surface area contributed by atoms with E-state index >= 15 is 0 Å². The molecule has 4 rings (SSSR count). The number of anilines is 2. The van der Waals surface area contributed by atoms with Gasteiger partial charge in [0, 0.05) is 30.5 Å². The lowest BCUT2D eigenvalue weighted by Crippen LogP contribution is -2.29. The first-order chi connectivity index (χ1) is 16.3. The number of aliphatic hydroxyl groups excluding tert-OH is 1. The van der Waals surface area contributed by atoms with Crippen molar-refractivity contribution in [1.82, 2.24) is 15.0 Å². The van der Waals surface area contributed by atoms with Crippen molar-refractivity contribution in [3.05, 3.63) is 65.5 Å². The maximum Gasteiger partial charge on any atom is 0.421 e. The van der Waals surface area contributed by atoms with Crippen LogP contribution in [0.15, 0.2) is 48.8 Å². The van der Waals surface area contributed by atoms with Gasteiger partial charge in [0.05, 0.1) is 6.10 Å². The second-order valence-electron chi connectivity index (χ2n) is 8.34. The molecule has 10 heteroatoms. The van der Waals surface area contributed by atoms with Crippen LogP contribution in [0.3, 0.4) is 0 Å². The number of ether oxygens (including phenoxy) is 1. The molecule has 180 valence electrons. The molecule has 7 nitrogen and oxygen atoms in total. The third kappa shape index (κ3) is 6.13. The van der Waals surface area contributed by atoms with Crippen molar-refractivity contribution in [3.63, 3.8) is 0 Å². The normalized spacial score (nSPS) is 18.4. The van der Waals surface area contributed by atoms with E-state index in [-0.39, 0.29) is 24.4 Å². The van der Waals surface area contributed by atoms with Crippen molar-refractivity contribution in [1.29, 1.82) is 0 Å². The summed E-state index contributed by atoms with van der Waals surface area (Å²) in [4.78, 5) is 12.3. The predicted molar refractivity (Wildman–Crippen MR) is 122 cm³/mol. The first-order valence-corrected chi connectivity index (χ1v) is 11.1. The molecule has 1 aromatic carbocycles. The third-order valence-electron chi connectivity index (χ3n) is 5.65. The van der Waals surface area contributed by atoms with Crippen LogP contribution < -0.4 is 15.4 Å². The minimum Gasteiger partial charge on any atom is -0.439 e. The number of rotatable bonds is 7. The molecule has 2 heterocycles. The highest BCUT2D eigenvalue weighted by molar-refractivity contribution is 5.50. The highest BCUT2D eigenvalue weighted by Gasteiger charge is 2.36. The molecule has 3 N–H and O–H groups in total. The Morgan fingerprint density at radius 3 is 2.50 bits per heavy atom. The number of aryl methyl sites for hydroxylation is 1. The zero-order valence-electron chi connectivity index (χ0n) is 18.6. The maximum atomic E-state index is 13.5. The number of aliphatic hydroxyl groups is 1. The lowest BCUT2D eigenvalue weighted by Gasteiger charge is -2.27. The van der Waals surface area contributed by atoms with Gasteiger partial charge in [-0.1, -0.05) is 23.8 Å². The summed E-state index contributed by atoms with van der Waals surface area (Å²) in [5.74, 6) is 0.787. The second kappa shape index (κ2) is 10.3. The van der Waals surface area contributed by atoms with Crippen molar-refractivity contribution in [2.24, 2.45) is 0 Å². The van der Waals surface area contributed by atoms with E-state index in [0.717, 1.165) is 11.8 Å². The van der Waals surface area contributed by atoms with Gasteiger partial charge >= 0.3 is 6.18 Å². The predicted octanol–water partition coefficient (Wildman–Crippen LogP) is 5.32. The summed E-state index contributed by atoms with van der Waals surface area (Å²) in [5, 5.41) is 15.5. The van der Waals surface area contributed by atoms with E-state index in [4.69, 9.17) is 4.74 Å². The van der Waals surface area contributed by atoms with E-state index in [0.29, 0.717) is 42.9 Å². The molecule has 1 saturated carbocycles. The fourth-order valence-corrected chi connectivity index (χ4v) is 3.74. The summed E-state index contributed by atoms with van der Waals surface area (Å²) in [6.07, 6.45) is -0.389. The zero-order chi connectivity index (χ0) is 24.1. The van der Waals surface area contributed by atoms with Gasteiger partial charge in [-0.05, 0) is 50.8 Å². The highest BCUT2D eigenvalue weighted by Crippen LogP contribution is 2.35. The van der Waals surface area contributed by atoms with E-state index in [1.165, 1.54) is 0 Å². The van der Waals surface area contributed by atoms with Crippen molar-refractivity contribution in [2.45, 2.75) is 57.5 Å². The Kier molecular flexibility index (Phi) is 7.16. The van der Waals surface area contributed by atoms with Gasteiger partial charge in [0.15, 0.2) is 0 Å². The SMILES string of the molecule is Cc1ccc(Oc2ncccc2CNc2ncc(C(F)(F)F)c(N[C@H]3CC[C@@H](O)CC3)n2)cc1. The average Bonchev–Trinajstić information content (AvgIpc) is 2.81. The molecule has 34 heavy (non-hydrogen) atoms. The van der Waals surface area contributed by atoms with Crippen molar-refractivity contribution in [3.8, 4) is 11.6 Å². The number of halogens is 3. The number of nitrogens with zero attached hydrogens (tertiary/aromatic N) is 3. The summed E-state index contributed by atoms with van der Waals surface area (Å²) in [5.41, 5.74) is 0.875. The van der Waals surface area contributed by atoms with Gasteiger partial charge in [-0.2, -0.15) is 18.2 Å². The summed E-state index contributed by atoms with van der Waals surface area (Å²) in [7, 11) is 0. The summed E-state index contributed by atoms with van der Waals surface area (Å²) in [6, 6.07) is 10.9. The van der Waals surface area contributed by atoms with Crippen LogP contribution in [0.2, 0.25) is 0 Å². The number of alkyl halides is 3. The number of nitrogens with one attached hydrogen (secondary N) is 2. The van der Waals surface area contributed by atoms with E-state index < -0.39 is 17.8 Å². The quantitative estimate of drug-likeness (QED) is 0.428. The van der Waals surface area contributed by atoms with Crippen LogP contribution in [0.4, 0.5) is 24.9 Å². The van der Waals surface area contributed by atoms with Crippen molar-refractivity contribution >= 4 is 11.8 Å². The van der Waals surface area contributed by atoms with Gasteiger partial charge in [0.2, 0.25) is 11.8 Å². The molecule has 2 aromatic heterocycles. The molecule has 0 saturated heterocycles. The van der Waals surface area contributed by atoms with E-state index in [9.17, 15) is 18.3 Å². The summed E-state index contributed by atoms with van der Waals surface area (Å²) in [6.45, 7) is 2.18. The first kappa shape index (κ1) is 23.7. The Hall–Kier alpha value is -3.40. The molecular formula is C24H26F3N5O2. The second-order valence-corrected chi connectivity index (χ2v) is 8.34. The molecule has 0 spiro atoms. The molecule has 1 aliphatic rings. The minimum absolute atomic E-state index is 0.0523. The Balaban J connectivity index is 1.49. The van der Waals surface area contributed by atoms with Crippen LogP contribution in [0.1, 0.15) is 42.4 Å². The molecule has 0 amide bonds. The Morgan fingerprint density at radius 1 is 1.06 bits per heavy atom. The van der Waals surface area contributed by atoms with Crippen LogP contribution >= 0.6 is 0 Å². The fourth-order valence-electron chi connectivity index (χ4n) is 3.74. The van der Waals surface area contributed by atoms with E-state index in [2.05, 4.69) is 25.6 Å². The van der Waals surface area contributed by atoms with Crippen LogP contribution in [0.25, 0.3) is 0 Å². The zero-order valence-corrected chi connectivity index (χ0v) is 18.6. The van der Waals surface area contributed by atoms with Gasteiger partial charge in [0.1, 0.15) is 17.1 Å². The van der Waals surface area contributed by atoms with Crippen LogP contribution in [-0.2, 0) is 12.7 Å². The lowest BCUT2D eigenvalue weighted by molar-refractivity contribution is -0.137. The smallest absolute Gasteiger partial charge is 0.421 e. The first-order valence-electron chi connectivity index (χ1n) is 11.1. The minimum atomic E-state index is -4.59. The topological polar surface area (TPSA) is 92.2 Å². The Labute approximate surface area is 195 Å². The number of hydrogen-bond donors (Lipinski definition) is 3. The number of hydrogen-bond acceptors (Lipinski definition) is 7. The van der Waals surface area contributed by atoms with Gasteiger partial charge in [-0.25, -0.2) is 9.97 Å². The van der Waals surface area contributed by atoms with Gasteiger partial charge < -0.3 is 20.5 Å². The number of pyridine rings is 1. The van der Waals surface area contributed by atoms with Gasteiger partial charge in [-0.15, -0.1) is 0 Å². The van der Waals surface area contributed by atoms with Gasteiger partial charge in [0.25, 0.3) is 0 Å². The molecule has 0 bridgehead atoms. The fraction of sp³-hybridized carbons (Fsp3) is 0.375. The van der Waals surface area contributed by atoms with Gasteiger partial charge in [-0.3, -0.25) is 0 Å². The number of benzene rings is 1. The van der Waals surface area contributed by atoms with Crippen LogP contribution in [0.5, 0.6) is 11.6 Å². The van der Waals surface area contributed by atoms with Crippen molar-refractivity contribution < 1.29 is 23.0 Å². The van der Waals surface area contributed by atoms with E-state index in [1.807, 2.05) is 31.2 Å². The Bertz CT molecular complexity index is 1100. The molecular weight excluding hydrogens is 447 g/mol. The molecule has 0 aliphatic heterocycles. The molecule has 0 atom stereocenters. The summed E-state index contributed by atoms with van der Waals surface area (Å²) < 4.78 is 46.5. The lowest BCUT2D eigenvalue weighted by atomic mass is 9.93. The number of aromatic nitrogens is 3. The molecule has 1 aliphatic carbocycles. The van der Waals surface area contributed by atoms with Crippen molar-refractivity contribution in [2.75, 3.05) is 10.6 Å². The highest BCUT2D eigenvalue weighted by atomic mass is 19.4. The molecule has 3 aromatic rings. The molecule has 0 unspecified atom stereocenters. The van der Waals surface area contributed by atoms with E-state index in [1.54, 1.807) is 18.3 Å². The monoisotopic (exact) mass is 473 g/mol. The molecule has 1 fully saturated rings. The standard InChI is InChI=1S/C24H26F3N5O2/c1-15-4-10-19(11-5-15)34-22-16(3-2-12-28-22)13-29-23-30-14-20(24(25,26)27)21(32-23)31-17-6-8-18(33)9-7-17/h2-5,10-12,14,17-18,33H,6-9,13H2,1H3,(H2,29,30,31,32)/t17-,18+. The average molecular weight is 473 g/mol. The molecule has 0 radical (unpaired) electrons.